The maximum absolute atomic E-state index is 13.2. The second kappa shape index (κ2) is 8.23. The molecule has 1 atom stereocenters. The van der Waals surface area contributed by atoms with Crippen LogP contribution in [0, 0.1) is 11.3 Å². The molecule has 0 spiro atoms. The van der Waals surface area contributed by atoms with Gasteiger partial charge in [-0.15, -0.1) is 0 Å². The molecule has 0 aromatic heterocycles. The number of aliphatic carboxylic acids is 1. The minimum atomic E-state index is -4.62. The quantitative estimate of drug-likeness (QED) is 0.733. The van der Waals surface area contributed by atoms with Crippen molar-refractivity contribution in [1.29, 1.82) is 5.26 Å². The van der Waals surface area contributed by atoms with E-state index >= 15 is 0 Å². The van der Waals surface area contributed by atoms with Crippen molar-refractivity contribution in [3.63, 3.8) is 0 Å². The zero-order valence-electron chi connectivity index (χ0n) is 17.1. The summed E-state index contributed by atoms with van der Waals surface area (Å²) in [4.78, 5) is 26.0. The number of rotatable bonds is 4. The van der Waals surface area contributed by atoms with Crippen LogP contribution in [0.1, 0.15) is 36.5 Å². The van der Waals surface area contributed by atoms with Gasteiger partial charge in [-0.3, -0.25) is 4.79 Å². The number of carbonyl (C=O) groups excluding carboxylic acids is 1. The van der Waals surface area contributed by atoms with Gasteiger partial charge in [-0.1, -0.05) is 18.2 Å². The van der Waals surface area contributed by atoms with Gasteiger partial charge in [0.15, 0.2) is 5.78 Å². The van der Waals surface area contributed by atoms with Crippen LogP contribution in [0.4, 0.5) is 18.9 Å². The number of ketones is 1. The summed E-state index contributed by atoms with van der Waals surface area (Å²) in [5, 5.41) is 19.0. The van der Waals surface area contributed by atoms with E-state index in [-0.39, 0.29) is 28.4 Å². The Kier molecular flexibility index (Phi) is 5.82. The smallest absolute Gasteiger partial charge is 0.416 e. The Labute approximate surface area is 181 Å². The van der Waals surface area contributed by atoms with Crippen molar-refractivity contribution < 1.29 is 27.9 Å². The molecule has 0 bridgehead atoms. The molecule has 2 aromatic carbocycles. The lowest BCUT2D eigenvalue weighted by Gasteiger charge is -2.37. The van der Waals surface area contributed by atoms with Gasteiger partial charge in [-0.25, -0.2) is 4.79 Å². The summed E-state index contributed by atoms with van der Waals surface area (Å²) in [5.41, 5.74) is 5.95. The molecule has 0 saturated carbocycles. The molecule has 0 radical (unpaired) electrons. The highest BCUT2D eigenvalue weighted by molar-refractivity contribution is 6.03. The Balaban J connectivity index is 2.28. The van der Waals surface area contributed by atoms with Crippen LogP contribution < -0.4 is 10.6 Å². The van der Waals surface area contributed by atoms with Gasteiger partial charge < -0.3 is 15.7 Å². The summed E-state index contributed by atoms with van der Waals surface area (Å²) in [6, 6.07) is 12.2. The van der Waals surface area contributed by atoms with Crippen LogP contribution in [0.2, 0.25) is 0 Å². The maximum Gasteiger partial charge on any atom is 0.416 e. The number of alkyl halides is 3. The number of nitriles is 1. The summed E-state index contributed by atoms with van der Waals surface area (Å²) in [5.74, 6) is -3.23. The average Bonchev–Trinajstić information content (AvgIpc) is 2.72. The SMILES string of the molecule is CC(=O)C1=C(C)N(c2cccc(C(F)(F)F)c2)C(N)=C(C(=O)O)C1c1ccc(C#N)cc1. The Morgan fingerprint density at radius 2 is 1.75 bits per heavy atom. The summed E-state index contributed by atoms with van der Waals surface area (Å²) in [7, 11) is 0. The number of anilines is 1. The van der Waals surface area contributed by atoms with E-state index in [1.807, 2.05) is 6.07 Å². The molecule has 3 N–H and O–H groups in total. The van der Waals surface area contributed by atoms with Gasteiger partial charge in [0.2, 0.25) is 0 Å². The first-order valence-electron chi connectivity index (χ1n) is 9.39. The highest BCUT2D eigenvalue weighted by Crippen LogP contribution is 2.43. The molecule has 1 unspecified atom stereocenters. The van der Waals surface area contributed by atoms with Crippen LogP contribution in [0.5, 0.6) is 0 Å². The van der Waals surface area contributed by atoms with E-state index in [2.05, 4.69) is 0 Å². The second-order valence-electron chi connectivity index (χ2n) is 7.21. The fourth-order valence-electron chi connectivity index (χ4n) is 3.85. The first-order chi connectivity index (χ1) is 15.0. The topological polar surface area (TPSA) is 107 Å². The predicted molar refractivity (Wildman–Crippen MR) is 110 cm³/mol. The number of benzene rings is 2. The fraction of sp³-hybridized carbons (Fsp3) is 0.174. The monoisotopic (exact) mass is 441 g/mol. The lowest BCUT2D eigenvalue weighted by molar-refractivity contribution is -0.137. The molecular formula is C23H18F3N3O3. The number of carboxylic acids is 1. The van der Waals surface area contributed by atoms with Gasteiger partial charge in [0.25, 0.3) is 0 Å². The van der Waals surface area contributed by atoms with Gasteiger partial charge in [0.05, 0.1) is 28.7 Å². The number of Topliss-reactive ketones (excluding diaryl/α,β-unsaturated/α-hetero) is 1. The number of allylic oxidation sites excluding steroid dienone is 2. The molecule has 0 fully saturated rings. The number of hydrogen-bond donors (Lipinski definition) is 2. The normalized spacial score (nSPS) is 16.8. The molecule has 0 saturated heterocycles. The van der Waals surface area contributed by atoms with Gasteiger partial charge in [0, 0.05) is 17.0 Å². The van der Waals surface area contributed by atoms with Crippen LogP contribution in [0.15, 0.2) is 71.2 Å². The molecule has 164 valence electrons. The second-order valence-corrected chi connectivity index (χ2v) is 7.21. The summed E-state index contributed by atoms with van der Waals surface area (Å²) >= 11 is 0. The van der Waals surface area contributed by atoms with E-state index in [0.29, 0.717) is 11.1 Å². The number of carbonyl (C=O) groups is 2. The third-order valence-corrected chi connectivity index (χ3v) is 5.23. The third-order valence-electron chi connectivity index (χ3n) is 5.23. The zero-order valence-corrected chi connectivity index (χ0v) is 17.1. The Morgan fingerprint density at radius 3 is 2.25 bits per heavy atom. The summed E-state index contributed by atoms with van der Waals surface area (Å²) < 4.78 is 39.7. The number of nitrogens with zero attached hydrogens (tertiary/aromatic N) is 2. The van der Waals surface area contributed by atoms with Crippen LogP contribution >= 0.6 is 0 Å². The van der Waals surface area contributed by atoms with Crippen LogP contribution in [-0.4, -0.2) is 16.9 Å². The van der Waals surface area contributed by atoms with E-state index in [4.69, 9.17) is 11.0 Å². The van der Waals surface area contributed by atoms with Crippen LogP contribution in [0.3, 0.4) is 0 Å². The minimum Gasteiger partial charge on any atom is -0.478 e. The predicted octanol–water partition coefficient (Wildman–Crippen LogP) is 4.30. The third kappa shape index (κ3) is 3.95. The van der Waals surface area contributed by atoms with Crippen molar-refractivity contribution in [2.75, 3.05) is 4.90 Å². The maximum atomic E-state index is 13.2. The van der Waals surface area contributed by atoms with E-state index in [1.165, 1.54) is 50.2 Å². The summed E-state index contributed by atoms with van der Waals surface area (Å²) in [6.07, 6.45) is -4.62. The Hall–Kier alpha value is -4.06. The van der Waals surface area contributed by atoms with Crippen molar-refractivity contribution >= 4 is 17.4 Å². The van der Waals surface area contributed by atoms with Crippen molar-refractivity contribution in [2.24, 2.45) is 5.73 Å². The number of carboxylic acid groups (broad SMARTS) is 1. The zero-order chi connectivity index (χ0) is 23.8. The average molecular weight is 441 g/mol. The molecule has 2 aromatic rings. The van der Waals surface area contributed by atoms with Crippen molar-refractivity contribution in [3.05, 3.63) is 87.9 Å². The lowest BCUT2D eigenvalue weighted by atomic mass is 9.79. The molecule has 32 heavy (non-hydrogen) atoms. The molecule has 3 rings (SSSR count). The van der Waals surface area contributed by atoms with Crippen LogP contribution in [0.25, 0.3) is 0 Å². The van der Waals surface area contributed by atoms with Crippen molar-refractivity contribution in [1.82, 2.24) is 0 Å². The van der Waals surface area contributed by atoms with E-state index < -0.39 is 29.4 Å². The van der Waals surface area contributed by atoms with Gasteiger partial charge >= 0.3 is 12.1 Å². The molecule has 1 heterocycles. The van der Waals surface area contributed by atoms with Gasteiger partial charge in [-0.2, -0.15) is 18.4 Å². The van der Waals surface area contributed by atoms with E-state index in [9.17, 15) is 27.9 Å². The van der Waals surface area contributed by atoms with Gasteiger partial charge in [0.1, 0.15) is 5.82 Å². The fourth-order valence-corrected chi connectivity index (χ4v) is 3.85. The molecule has 1 aliphatic heterocycles. The number of hydrogen-bond acceptors (Lipinski definition) is 5. The molecule has 9 heteroatoms. The van der Waals surface area contributed by atoms with E-state index in [1.54, 1.807) is 0 Å². The lowest BCUT2D eigenvalue weighted by Crippen LogP contribution is -2.38. The van der Waals surface area contributed by atoms with Crippen LogP contribution in [-0.2, 0) is 15.8 Å². The molecule has 6 nitrogen and oxygen atoms in total. The summed E-state index contributed by atoms with van der Waals surface area (Å²) in [6.45, 7) is 2.75. The minimum absolute atomic E-state index is 0.0226. The number of nitrogens with two attached hydrogens (primary N) is 1. The number of halogens is 3. The van der Waals surface area contributed by atoms with Crippen molar-refractivity contribution in [3.8, 4) is 6.07 Å². The standard InChI is InChI=1S/C23H18F3N3O3/c1-12-18(13(2)30)19(15-8-6-14(11-27)7-9-15)20(22(31)32)21(28)29(12)17-5-3-4-16(10-17)23(24,25)26/h3-10,19H,28H2,1-2H3,(H,31,32). The first kappa shape index (κ1) is 22.6. The molecule has 0 aliphatic carbocycles. The highest BCUT2D eigenvalue weighted by Gasteiger charge is 2.40. The Bertz CT molecular complexity index is 1170. The first-order valence-corrected chi connectivity index (χ1v) is 9.39. The molecular weight excluding hydrogens is 423 g/mol. The van der Waals surface area contributed by atoms with E-state index in [0.717, 1.165) is 17.0 Å². The Morgan fingerprint density at radius 1 is 1.12 bits per heavy atom. The van der Waals surface area contributed by atoms with Gasteiger partial charge in [-0.05, 0) is 49.7 Å². The highest BCUT2D eigenvalue weighted by atomic mass is 19.4. The van der Waals surface area contributed by atoms with Crippen molar-refractivity contribution in [2.45, 2.75) is 25.9 Å². The largest absolute Gasteiger partial charge is 0.478 e. The molecule has 1 aliphatic rings. The molecule has 0 amide bonds.